The third-order valence-corrected chi connectivity index (χ3v) is 6.84. The number of nitrogens with one attached hydrogen (secondary N) is 2. The summed E-state index contributed by atoms with van der Waals surface area (Å²) in [4.78, 5) is 50.9. The molecular formula is C27H25N3O7S. The number of carbonyl (C=O) groups is 4. The Labute approximate surface area is 222 Å². The molecule has 4 rings (SSSR count). The fourth-order valence-corrected chi connectivity index (χ4v) is 5.14. The Morgan fingerprint density at radius 1 is 1.03 bits per heavy atom. The van der Waals surface area contributed by atoms with Crippen LogP contribution in [0.1, 0.15) is 50.1 Å². The number of esters is 2. The van der Waals surface area contributed by atoms with Crippen LogP contribution in [0.25, 0.3) is 0 Å². The van der Waals surface area contributed by atoms with Crippen LogP contribution in [0.5, 0.6) is 11.5 Å². The van der Waals surface area contributed by atoms with Gasteiger partial charge in [-0.05, 0) is 62.1 Å². The van der Waals surface area contributed by atoms with Crippen LogP contribution in [0, 0.1) is 0 Å². The molecule has 2 amide bonds. The number of amides is 2. The van der Waals surface area contributed by atoms with E-state index >= 15 is 0 Å². The summed E-state index contributed by atoms with van der Waals surface area (Å²) in [5.41, 5.74) is 4.01. The number of aryl methyl sites for hydroxylation is 1. The molecule has 0 spiro atoms. The number of hydrazone groups is 1. The van der Waals surface area contributed by atoms with E-state index in [0.29, 0.717) is 28.9 Å². The van der Waals surface area contributed by atoms with Crippen molar-refractivity contribution in [2.45, 2.75) is 26.2 Å². The lowest BCUT2D eigenvalue weighted by molar-refractivity contribution is -0.136. The summed E-state index contributed by atoms with van der Waals surface area (Å²) in [6.45, 7) is 1.90. The molecule has 1 heterocycles. The summed E-state index contributed by atoms with van der Waals surface area (Å²) in [7, 11) is 1.50. The van der Waals surface area contributed by atoms with Gasteiger partial charge in [-0.3, -0.25) is 9.59 Å². The van der Waals surface area contributed by atoms with Crippen LogP contribution in [-0.2, 0) is 27.2 Å². The van der Waals surface area contributed by atoms with E-state index < -0.39 is 23.8 Å². The molecule has 38 heavy (non-hydrogen) atoms. The molecule has 2 N–H and O–H groups in total. The van der Waals surface area contributed by atoms with Crippen molar-refractivity contribution in [3.05, 3.63) is 75.7 Å². The molecule has 2 aromatic carbocycles. The van der Waals surface area contributed by atoms with E-state index in [0.717, 1.165) is 23.3 Å². The van der Waals surface area contributed by atoms with Crippen molar-refractivity contribution >= 4 is 46.3 Å². The normalized spacial score (nSPS) is 12.1. The molecule has 10 nitrogen and oxygen atoms in total. The fraction of sp³-hybridized carbons (Fsp3) is 0.222. The molecule has 11 heteroatoms. The molecule has 0 fully saturated rings. The van der Waals surface area contributed by atoms with Crippen molar-refractivity contribution in [2.75, 3.05) is 19.0 Å². The minimum atomic E-state index is -1.03. The molecule has 3 aromatic rings. The van der Waals surface area contributed by atoms with Crippen LogP contribution in [0.2, 0.25) is 0 Å². The number of hydrogen-bond donors (Lipinski definition) is 2. The van der Waals surface area contributed by atoms with Crippen LogP contribution >= 0.6 is 11.3 Å². The monoisotopic (exact) mass is 535 g/mol. The van der Waals surface area contributed by atoms with E-state index in [4.69, 9.17) is 14.2 Å². The maximum Gasteiger partial charge on any atom is 0.343 e. The number of fused-ring (bicyclic) bond motifs is 1. The Hall–Kier alpha value is -4.51. The highest BCUT2D eigenvalue weighted by Crippen LogP contribution is 2.39. The number of rotatable bonds is 8. The first-order valence-electron chi connectivity index (χ1n) is 11.8. The standard InChI is InChI=1S/C27H25N3O7S/c1-3-36-27(34)22-19-11-7-13-21(19)38-25(22)29-23(31)24(32)30-28-15-17-8-4-5-12-20(17)37-26(33)16-9-6-10-18(14-16)35-2/h4-6,8-10,12,14-15H,3,7,11,13H2,1-2H3,(H,29,31)(H,30,32). The van der Waals surface area contributed by atoms with Gasteiger partial charge in [0.2, 0.25) is 0 Å². The van der Waals surface area contributed by atoms with Crippen molar-refractivity contribution in [3.8, 4) is 11.5 Å². The third kappa shape index (κ3) is 6.06. The lowest BCUT2D eigenvalue weighted by atomic mass is 10.1. The zero-order valence-electron chi connectivity index (χ0n) is 20.7. The van der Waals surface area contributed by atoms with Crippen molar-refractivity contribution in [3.63, 3.8) is 0 Å². The second-order valence-electron chi connectivity index (χ2n) is 8.09. The van der Waals surface area contributed by atoms with E-state index in [1.165, 1.54) is 24.7 Å². The highest BCUT2D eigenvalue weighted by Gasteiger charge is 2.29. The van der Waals surface area contributed by atoms with Gasteiger partial charge in [0.25, 0.3) is 0 Å². The molecule has 0 aliphatic heterocycles. The average Bonchev–Trinajstić information content (AvgIpc) is 3.50. The van der Waals surface area contributed by atoms with Gasteiger partial charge in [0.15, 0.2) is 0 Å². The molecule has 196 valence electrons. The third-order valence-electron chi connectivity index (χ3n) is 5.63. The van der Waals surface area contributed by atoms with Gasteiger partial charge >= 0.3 is 23.8 Å². The predicted octanol–water partition coefficient (Wildman–Crippen LogP) is 3.73. The van der Waals surface area contributed by atoms with Gasteiger partial charge in [-0.15, -0.1) is 11.3 Å². The number of carbonyl (C=O) groups excluding carboxylic acids is 4. The number of thiophene rings is 1. The summed E-state index contributed by atoms with van der Waals surface area (Å²) in [5, 5.41) is 6.61. The number of para-hydroxylation sites is 1. The molecule has 0 unspecified atom stereocenters. The lowest BCUT2D eigenvalue weighted by Gasteiger charge is -2.08. The molecule has 1 aliphatic carbocycles. The number of anilines is 1. The number of methoxy groups -OCH3 is 1. The van der Waals surface area contributed by atoms with Crippen molar-refractivity contribution < 1.29 is 33.4 Å². The van der Waals surface area contributed by atoms with Crippen molar-refractivity contribution in [1.29, 1.82) is 0 Å². The minimum Gasteiger partial charge on any atom is -0.497 e. The van der Waals surface area contributed by atoms with E-state index in [2.05, 4.69) is 15.8 Å². The Morgan fingerprint density at radius 2 is 1.84 bits per heavy atom. The lowest BCUT2D eigenvalue weighted by Crippen LogP contribution is -2.32. The van der Waals surface area contributed by atoms with Crippen LogP contribution < -0.4 is 20.2 Å². The van der Waals surface area contributed by atoms with E-state index in [9.17, 15) is 19.2 Å². The second-order valence-corrected chi connectivity index (χ2v) is 9.20. The summed E-state index contributed by atoms with van der Waals surface area (Å²) < 4.78 is 15.7. The molecule has 0 saturated heterocycles. The Balaban J connectivity index is 1.40. The molecule has 0 atom stereocenters. The summed E-state index contributed by atoms with van der Waals surface area (Å²) in [5.74, 6) is -2.43. The first-order chi connectivity index (χ1) is 18.4. The van der Waals surface area contributed by atoms with E-state index in [1.807, 2.05) is 0 Å². The number of nitrogens with zero attached hydrogens (tertiary/aromatic N) is 1. The van der Waals surface area contributed by atoms with Gasteiger partial charge in [0, 0.05) is 10.4 Å². The van der Waals surface area contributed by atoms with Crippen molar-refractivity contribution in [2.24, 2.45) is 5.10 Å². The van der Waals surface area contributed by atoms with Crippen LogP contribution in [0.4, 0.5) is 5.00 Å². The smallest absolute Gasteiger partial charge is 0.343 e. The molecule has 0 saturated carbocycles. The first-order valence-corrected chi connectivity index (χ1v) is 12.6. The minimum absolute atomic E-state index is 0.197. The average molecular weight is 536 g/mol. The highest BCUT2D eigenvalue weighted by molar-refractivity contribution is 7.17. The molecule has 1 aliphatic rings. The van der Waals surface area contributed by atoms with Gasteiger partial charge in [-0.2, -0.15) is 5.10 Å². The Bertz CT molecular complexity index is 1410. The maximum absolute atomic E-state index is 12.6. The topological polar surface area (TPSA) is 132 Å². The molecular weight excluding hydrogens is 510 g/mol. The highest BCUT2D eigenvalue weighted by atomic mass is 32.1. The quantitative estimate of drug-likeness (QED) is 0.148. The Morgan fingerprint density at radius 3 is 2.63 bits per heavy atom. The summed E-state index contributed by atoms with van der Waals surface area (Å²) in [6, 6.07) is 13.1. The summed E-state index contributed by atoms with van der Waals surface area (Å²) in [6.07, 6.45) is 3.70. The second kappa shape index (κ2) is 12.2. The number of benzene rings is 2. The van der Waals surface area contributed by atoms with E-state index in [-0.39, 0.29) is 17.4 Å². The van der Waals surface area contributed by atoms with Gasteiger partial charge in [0.1, 0.15) is 16.5 Å². The molecule has 1 aromatic heterocycles. The predicted molar refractivity (Wildman–Crippen MR) is 141 cm³/mol. The van der Waals surface area contributed by atoms with Crippen LogP contribution in [0.3, 0.4) is 0 Å². The maximum atomic E-state index is 12.6. The number of hydrogen-bond acceptors (Lipinski definition) is 9. The van der Waals surface area contributed by atoms with Crippen LogP contribution in [0.15, 0.2) is 53.6 Å². The zero-order valence-corrected chi connectivity index (χ0v) is 21.6. The molecule has 0 radical (unpaired) electrons. The largest absolute Gasteiger partial charge is 0.497 e. The van der Waals surface area contributed by atoms with E-state index in [1.54, 1.807) is 55.5 Å². The summed E-state index contributed by atoms with van der Waals surface area (Å²) >= 11 is 1.27. The zero-order chi connectivity index (χ0) is 27.1. The van der Waals surface area contributed by atoms with Gasteiger partial charge in [-0.25, -0.2) is 15.0 Å². The fourth-order valence-electron chi connectivity index (χ4n) is 3.87. The number of ether oxygens (including phenoxy) is 3. The van der Waals surface area contributed by atoms with Gasteiger partial charge in [0.05, 0.1) is 31.1 Å². The van der Waals surface area contributed by atoms with Crippen molar-refractivity contribution in [1.82, 2.24) is 5.43 Å². The van der Waals surface area contributed by atoms with Gasteiger partial charge < -0.3 is 19.5 Å². The van der Waals surface area contributed by atoms with Gasteiger partial charge in [-0.1, -0.05) is 18.2 Å². The first kappa shape index (κ1) is 26.6. The SMILES string of the molecule is CCOC(=O)c1c(NC(=O)C(=O)NN=Cc2ccccc2OC(=O)c2cccc(OC)c2)sc2c1CCC2. The van der Waals surface area contributed by atoms with Crippen LogP contribution in [-0.4, -0.2) is 43.7 Å². The molecule has 0 bridgehead atoms. The Kier molecular flexibility index (Phi) is 8.49.